The smallest absolute Gasteiger partial charge is 0.262 e. The first-order valence-electron chi connectivity index (χ1n) is 9.25. The van der Waals surface area contributed by atoms with Crippen LogP contribution in [0.2, 0.25) is 0 Å². The monoisotopic (exact) mass is 468 g/mol. The number of hydrogen-bond acceptors (Lipinski definition) is 7. The van der Waals surface area contributed by atoms with Crippen molar-refractivity contribution < 1.29 is 31.1 Å². The Balaban J connectivity index is 1.97. The maximum Gasteiger partial charge on any atom is 0.262 e. The average molecular weight is 469 g/mol. The zero-order valence-electron chi connectivity index (χ0n) is 17.8. The fraction of sp³-hybridized carbons (Fsp3) is 0.350. The summed E-state index contributed by atoms with van der Waals surface area (Å²) in [5.74, 6) is -0.0898. The molecule has 0 saturated carbocycles. The number of carbonyl (C=O) groups is 1. The Hall–Kier alpha value is -2.79. The van der Waals surface area contributed by atoms with Crippen LogP contribution in [0.3, 0.4) is 0 Å². The highest BCUT2D eigenvalue weighted by Gasteiger charge is 2.50. The van der Waals surface area contributed by atoms with Gasteiger partial charge in [-0.2, -0.15) is 0 Å². The Kier molecular flexibility index (Phi) is 5.70. The molecule has 1 heterocycles. The van der Waals surface area contributed by atoms with E-state index in [4.69, 9.17) is 9.47 Å². The van der Waals surface area contributed by atoms with Gasteiger partial charge in [0.25, 0.3) is 10.0 Å². The topological polar surface area (TPSA) is 119 Å². The number of sulfonamides is 2. The van der Waals surface area contributed by atoms with Gasteiger partial charge in [-0.3, -0.25) is 9.52 Å². The van der Waals surface area contributed by atoms with Gasteiger partial charge in [0.05, 0.1) is 41.7 Å². The summed E-state index contributed by atoms with van der Waals surface area (Å²) in [6.07, 6.45) is 0. The summed E-state index contributed by atoms with van der Waals surface area (Å²) in [6, 6.07) is 8.59. The Morgan fingerprint density at radius 3 is 2.26 bits per heavy atom. The van der Waals surface area contributed by atoms with E-state index in [9.17, 15) is 21.6 Å². The molecule has 0 unspecified atom stereocenters. The highest BCUT2D eigenvalue weighted by atomic mass is 32.2. The highest BCUT2D eigenvalue weighted by Crippen LogP contribution is 2.37. The van der Waals surface area contributed by atoms with E-state index in [0.29, 0.717) is 5.75 Å². The van der Waals surface area contributed by atoms with Crippen LogP contribution in [0.15, 0.2) is 41.3 Å². The summed E-state index contributed by atoms with van der Waals surface area (Å²) < 4.78 is 64.5. The number of rotatable bonds is 6. The van der Waals surface area contributed by atoms with E-state index in [2.05, 4.69) is 4.72 Å². The lowest BCUT2D eigenvalue weighted by molar-refractivity contribution is -0.123. The maximum atomic E-state index is 13.0. The predicted octanol–water partition coefficient (Wildman–Crippen LogP) is 2.52. The van der Waals surface area contributed by atoms with E-state index in [1.165, 1.54) is 45.4 Å². The summed E-state index contributed by atoms with van der Waals surface area (Å²) in [6.45, 7) is 4.65. The molecule has 1 fully saturated rings. The second kappa shape index (κ2) is 7.72. The van der Waals surface area contributed by atoms with Crippen LogP contribution in [0.25, 0.3) is 0 Å². The van der Waals surface area contributed by atoms with E-state index >= 15 is 0 Å². The molecule has 1 amide bonds. The van der Waals surface area contributed by atoms with Gasteiger partial charge >= 0.3 is 0 Å². The first-order valence-corrected chi connectivity index (χ1v) is 12.3. The van der Waals surface area contributed by atoms with Gasteiger partial charge in [0.2, 0.25) is 15.9 Å². The van der Waals surface area contributed by atoms with Gasteiger partial charge in [-0.1, -0.05) is 0 Å². The fourth-order valence-corrected chi connectivity index (χ4v) is 6.80. The number of amides is 1. The van der Waals surface area contributed by atoms with E-state index < -0.39 is 31.4 Å². The lowest BCUT2D eigenvalue weighted by Gasteiger charge is -2.19. The van der Waals surface area contributed by atoms with Crippen LogP contribution >= 0.6 is 0 Å². The molecule has 3 rings (SSSR count). The molecule has 9 nitrogen and oxygen atoms in total. The molecule has 168 valence electrons. The second-order valence-electron chi connectivity index (χ2n) is 7.83. The molecule has 0 bridgehead atoms. The van der Waals surface area contributed by atoms with E-state index in [-0.39, 0.29) is 33.3 Å². The van der Waals surface area contributed by atoms with Crippen LogP contribution in [0, 0.1) is 12.3 Å². The molecular formula is C20H24N2O7S2. The molecule has 2 aromatic rings. The lowest BCUT2D eigenvalue weighted by Crippen LogP contribution is -2.33. The van der Waals surface area contributed by atoms with Gasteiger partial charge in [0, 0.05) is 6.07 Å². The molecular weight excluding hydrogens is 444 g/mol. The van der Waals surface area contributed by atoms with Crippen LogP contribution in [0.4, 0.5) is 11.4 Å². The molecule has 0 atom stereocenters. The third-order valence-corrected chi connectivity index (χ3v) is 8.47. The molecule has 1 aliphatic rings. The van der Waals surface area contributed by atoms with Crippen molar-refractivity contribution in [3.05, 3.63) is 42.0 Å². The minimum atomic E-state index is -4.03. The molecule has 31 heavy (non-hydrogen) atoms. The number of ether oxygens (including phenoxy) is 2. The van der Waals surface area contributed by atoms with Crippen LogP contribution < -0.4 is 18.5 Å². The zero-order valence-corrected chi connectivity index (χ0v) is 19.4. The summed E-state index contributed by atoms with van der Waals surface area (Å²) >= 11 is 0. The van der Waals surface area contributed by atoms with Crippen LogP contribution in [0.5, 0.6) is 11.5 Å². The van der Waals surface area contributed by atoms with Crippen LogP contribution in [0.1, 0.15) is 19.4 Å². The molecule has 2 aromatic carbocycles. The van der Waals surface area contributed by atoms with Gasteiger partial charge in [-0.05, 0) is 56.7 Å². The maximum absolute atomic E-state index is 13.0. The van der Waals surface area contributed by atoms with Crippen molar-refractivity contribution in [2.24, 2.45) is 5.41 Å². The molecule has 1 aliphatic heterocycles. The first-order chi connectivity index (χ1) is 14.3. The number of methoxy groups -OCH3 is 2. The summed E-state index contributed by atoms with van der Waals surface area (Å²) in [5, 5.41) is 0. The van der Waals surface area contributed by atoms with Crippen molar-refractivity contribution in [3.8, 4) is 11.5 Å². The number of benzene rings is 2. The molecule has 1 saturated heterocycles. The molecule has 0 radical (unpaired) electrons. The Morgan fingerprint density at radius 2 is 1.74 bits per heavy atom. The van der Waals surface area contributed by atoms with E-state index in [0.717, 1.165) is 4.31 Å². The average Bonchev–Trinajstić information content (AvgIpc) is 2.83. The Labute approximate surface area is 182 Å². The van der Waals surface area contributed by atoms with Crippen molar-refractivity contribution in [2.75, 3.05) is 29.0 Å². The van der Waals surface area contributed by atoms with Gasteiger partial charge in [0.1, 0.15) is 11.5 Å². The molecule has 0 aromatic heterocycles. The van der Waals surface area contributed by atoms with Gasteiger partial charge in [0.15, 0.2) is 0 Å². The van der Waals surface area contributed by atoms with Crippen molar-refractivity contribution in [1.29, 1.82) is 0 Å². The zero-order chi connectivity index (χ0) is 23.2. The summed E-state index contributed by atoms with van der Waals surface area (Å²) in [5.41, 5.74) is -0.450. The predicted molar refractivity (Wildman–Crippen MR) is 117 cm³/mol. The summed E-state index contributed by atoms with van der Waals surface area (Å²) in [7, 11) is -4.97. The SMILES string of the molecule is COc1ccc(NS(=O)(=O)c2ccc(N3C(=O)C(C)(C)CS3(=O)=O)cc2C)c(OC)c1. The largest absolute Gasteiger partial charge is 0.497 e. The number of aryl methyl sites for hydroxylation is 1. The normalized spacial score (nSPS) is 17.5. The van der Waals surface area contributed by atoms with Gasteiger partial charge in [-0.25, -0.2) is 21.1 Å². The highest BCUT2D eigenvalue weighted by molar-refractivity contribution is 7.94. The Morgan fingerprint density at radius 1 is 1.06 bits per heavy atom. The van der Waals surface area contributed by atoms with Crippen molar-refractivity contribution in [2.45, 2.75) is 25.7 Å². The standard InChI is InChI=1S/C20H24N2O7S2/c1-13-10-14(22-19(23)20(2,3)12-30(22,24)25)6-9-18(13)31(26,27)21-16-8-7-15(28-4)11-17(16)29-5/h6-11,21H,12H2,1-5H3. The number of nitrogens with one attached hydrogen (secondary N) is 1. The fourth-order valence-electron chi connectivity index (χ4n) is 3.41. The van der Waals surface area contributed by atoms with Crippen LogP contribution in [-0.2, 0) is 24.8 Å². The molecule has 1 N–H and O–H groups in total. The van der Waals surface area contributed by atoms with Crippen molar-refractivity contribution in [3.63, 3.8) is 0 Å². The van der Waals surface area contributed by atoms with E-state index in [1.807, 2.05) is 0 Å². The third-order valence-electron chi connectivity index (χ3n) is 4.92. The first kappa shape index (κ1) is 22.9. The Bertz CT molecular complexity index is 1250. The quantitative estimate of drug-likeness (QED) is 0.692. The van der Waals surface area contributed by atoms with E-state index in [1.54, 1.807) is 26.0 Å². The minimum Gasteiger partial charge on any atom is -0.497 e. The third kappa shape index (κ3) is 4.19. The van der Waals surface area contributed by atoms with Gasteiger partial charge in [-0.15, -0.1) is 0 Å². The molecule has 11 heteroatoms. The van der Waals surface area contributed by atoms with Crippen LogP contribution in [-0.4, -0.2) is 42.7 Å². The van der Waals surface area contributed by atoms with Gasteiger partial charge < -0.3 is 9.47 Å². The minimum absolute atomic E-state index is 0.0579. The number of anilines is 2. The molecule has 0 aliphatic carbocycles. The number of hydrogen-bond donors (Lipinski definition) is 1. The molecule has 0 spiro atoms. The summed E-state index contributed by atoms with van der Waals surface area (Å²) in [4.78, 5) is 12.5. The number of nitrogens with zero attached hydrogens (tertiary/aromatic N) is 1. The van der Waals surface area contributed by atoms with Crippen molar-refractivity contribution in [1.82, 2.24) is 0 Å². The van der Waals surface area contributed by atoms with Crippen molar-refractivity contribution >= 4 is 37.3 Å². The second-order valence-corrected chi connectivity index (χ2v) is 11.3. The lowest BCUT2D eigenvalue weighted by atomic mass is 9.95. The number of carbonyl (C=O) groups excluding carboxylic acids is 1.